The van der Waals surface area contributed by atoms with Gasteiger partial charge in [-0.15, -0.1) is 0 Å². The molecule has 0 radical (unpaired) electrons. The molecule has 0 saturated heterocycles. The molecule has 0 fully saturated rings. The van der Waals surface area contributed by atoms with Crippen LogP contribution in [-0.2, 0) is 10.0 Å². The Bertz CT molecular complexity index is 747. The van der Waals surface area contributed by atoms with Crippen molar-refractivity contribution in [1.82, 2.24) is 4.98 Å². The van der Waals surface area contributed by atoms with Gasteiger partial charge in [-0.2, -0.15) is 0 Å². The van der Waals surface area contributed by atoms with Gasteiger partial charge in [0.15, 0.2) is 0 Å². The van der Waals surface area contributed by atoms with E-state index in [4.69, 9.17) is 11.6 Å². The van der Waals surface area contributed by atoms with E-state index in [-0.39, 0.29) is 21.3 Å². The normalized spacial score (nSPS) is 11.1. The number of aromatic nitrogens is 1. The molecule has 9 heteroatoms. The Balaban J connectivity index is 2.29. The van der Waals surface area contributed by atoms with Crippen molar-refractivity contribution in [3.8, 4) is 0 Å². The summed E-state index contributed by atoms with van der Waals surface area (Å²) >= 11 is 5.79. The van der Waals surface area contributed by atoms with Crippen molar-refractivity contribution >= 4 is 33.0 Å². The van der Waals surface area contributed by atoms with Crippen molar-refractivity contribution in [1.29, 1.82) is 0 Å². The molecule has 1 aromatic carbocycles. The standard InChI is InChI=1S/C11H8ClN3O4S/c12-10-5-6-13-7-11(10)20(18,19)14-8-1-3-9(4-2-8)15(16)17/h1-7,14H. The number of halogens is 1. The third-order valence-electron chi connectivity index (χ3n) is 2.35. The van der Waals surface area contributed by atoms with E-state index in [1.807, 2.05) is 0 Å². The number of nitro benzene ring substituents is 1. The van der Waals surface area contributed by atoms with E-state index in [1.165, 1.54) is 36.5 Å². The molecule has 2 aromatic rings. The van der Waals surface area contributed by atoms with Crippen LogP contribution in [0.1, 0.15) is 0 Å². The van der Waals surface area contributed by atoms with Crippen LogP contribution in [0.3, 0.4) is 0 Å². The first kappa shape index (κ1) is 14.2. The van der Waals surface area contributed by atoms with Crippen molar-refractivity contribution in [3.05, 3.63) is 57.9 Å². The lowest BCUT2D eigenvalue weighted by Crippen LogP contribution is -2.13. The number of non-ortho nitro benzene ring substituents is 1. The summed E-state index contributed by atoms with van der Waals surface area (Å²) in [5, 5.41) is 10.5. The number of nitrogens with zero attached hydrogens (tertiary/aromatic N) is 2. The number of benzene rings is 1. The Morgan fingerprint density at radius 1 is 1.20 bits per heavy atom. The fourth-order valence-electron chi connectivity index (χ4n) is 1.42. The molecule has 0 unspecified atom stereocenters. The maximum absolute atomic E-state index is 12.1. The molecule has 1 heterocycles. The molecule has 0 aliphatic heterocycles. The van der Waals surface area contributed by atoms with E-state index >= 15 is 0 Å². The number of sulfonamides is 1. The first-order chi connectivity index (χ1) is 9.40. The molecular weight excluding hydrogens is 306 g/mol. The van der Waals surface area contributed by atoms with Crippen LogP contribution < -0.4 is 4.72 Å². The zero-order chi connectivity index (χ0) is 14.8. The van der Waals surface area contributed by atoms with Crippen LogP contribution in [0.2, 0.25) is 5.02 Å². The van der Waals surface area contributed by atoms with Crippen molar-refractivity contribution in [2.45, 2.75) is 4.90 Å². The minimum Gasteiger partial charge on any atom is -0.280 e. The highest BCUT2D eigenvalue weighted by Crippen LogP contribution is 2.23. The molecule has 104 valence electrons. The molecule has 0 atom stereocenters. The second kappa shape index (κ2) is 5.43. The predicted octanol–water partition coefficient (Wildman–Crippen LogP) is 2.44. The molecule has 0 bridgehead atoms. The van der Waals surface area contributed by atoms with Crippen molar-refractivity contribution in [3.63, 3.8) is 0 Å². The van der Waals surface area contributed by atoms with E-state index in [0.717, 1.165) is 6.20 Å². The van der Waals surface area contributed by atoms with Crippen molar-refractivity contribution in [2.75, 3.05) is 4.72 Å². The summed E-state index contributed by atoms with van der Waals surface area (Å²) in [5.74, 6) is 0. The van der Waals surface area contributed by atoms with Crippen LogP contribution in [0.5, 0.6) is 0 Å². The SMILES string of the molecule is O=[N+]([O-])c1ccc(NS(=O)(=O)c2cnccc2Cl)cc1. The van der Waals surface area contributed by atoms with Crippen LogP contribution in [0.15, 0.2) is 47.6 Å². The zero-order valence-corrected chi connectivity index (χ0v) is 11.4. The van der Waals surface area contributed by atoms with Crippen LogP contribution in [0.25, 0.3) is 0 Å². The van der Waals surface area contributed by atoms with Crippen LogP contribution in [0, 0.1) is 10.1 Å². The van der Waals surface area contributed by atoms with Gasteiger partial charge in [-0.05, 0) is 18.2 Å². The molecule has 1 N–H and O–H groups in total. The number of nitro groups is 1. The molecule has 0 saturated carbocycles. The van der Waals surface area contributed by atoms with Crippen molar-refractivity contribution < 1.29 is 13.3 Å². The third-order valence-corrected chi connectivity index (χ3v) is 4.20. The lowest BCUT2D eigenvalue weighted by Gasteiger charge is -2.08. The second-order valence-corrected chi connectivity index (χ2v) is 5.77. The fourth-order valence-corrected chi connectivity index (χ4v) is 2.91. The summed E-state index contributed by atoms with van der Waals surface area (Å²) in [6, 6.07) is 6.33. The topological polar surface area (TPSA) is 102 Å². The van der Waals surface area contributed by atoms with Gasteiger partial charge in [0.25, 0.3) is 15.7 Å². The van der Waals surface area contributed by atoms with Crippen molar-refractivity contribution in [2.24, 2.45) is 0 Å². The van der Waals surface area contributed by atoms with Gasteiger partial charge in [-0.1, -0.05) is 11.6 Å². The van der Waals surface area contributed by atoms with E-state index in [9.17, 15) is 18.5 Å². The number of hydrogen-bond acceptors (Lipinski definition) is 5. The summed E-state index contributed by atoms with van der Waals surface area (Å²) in [7, 11) is -3.89. The predicted molar refractivity (Wildman–Crippen MR) is 73.2 cm³/mol. The highest BCUT2D eigenvalue weighted by Gasteiger charge is 2.18. The summed E-state index contributed by atoms with van der Waals surface area (Å²) in [4.78, 5) is 13.5. The van der Waals surface area contributed by atoms with Gasteiger partial charge in [0.1, 0.15) is 4.90 Å². The smallest absolute Gasteiger partial charge is 0.269 e. The number of anilines is 1. The number of pyridine rings is 1. The van der Waals surface area contributed by atoms with Gasteiger partial charge in [0, 0.05) is 30.2 Å². The lowest BCUT2D eigenvalue weighted by atomic mass is 10.3. The maximum atomic E-state index is 12.1. The zero-order valence-electron chi connectivity index (χ0n) is 9.86. The Morgan fingerprint density at radius 3 is 2.40 bits per heavy atom. The summed E-state index contributed by atoms with van der Waals surface area (Å²) < 4.78 is 26.4. The van der Waals surface area contributed by atoms with Crippen LogP contribution in [-0.4, -0.2) is 18.3 Å². The van der Waals surface area contributed by atoms with E-state index in [2.05, 4.69) is 9.71 Å². The summed E-state index contributed by atoms with van der Waals surface area (Å²) in [6.45, 7) is 0. The number of nitrogens with one attached hydrogen (secondary N) is 1. The Labute approximate surface area is 119 Å². The molecular formula is C11H8ClN3O4S. The average Bonchev–Trinajstić information content (AvgIpc) is 2.39. The molecule has 2 rings (SSSR count). The average molecular weight is 314 g/mol. The molecule has 0 spiro atoms. The molecule has 0 aliphatic carbocycles. The monoisotopic (exact) mass is 313 g/mol. The Morgan fingerprint density at radius 2 is 1.85 bits per heavy atom. The van der Waals surface area contributed by atoms with Gasteiger partial charge in [-0.25, -0.2) is 8.42 Å². The quantitative estimate of drug-likeness (QED) is 0.690. The number of rotatable bonds is 4. The first-order valence-corrected chi connectivity index (χ1v) is 7.13. The minimum atomic E-state index is -3.89. The van der Waals surface area contributed by atoms with Gasteiger partial charge in [-0.3, -0.25) is 19.8 Å². The van der Waals surface area contributed by atoms with E-state index in [0.29, 0.717) is 0 Å². The largest absolute Gasteiger partial charge is 0.280 e. The van der Waals surface area contributed by atoms with Crippen LogP contribution >= 0.6 is 11.6 Å². The molecule has 1 aromatic heterocycles. The minimum absolute atomic E-state index is 0.0365. The molecule has 0 aliphatic rings. The molecule has 7 nitrogen and oxygen atoms in total. The van der Waals surface area contributed by atoms with Gasteiger partial charge >= 0.3 is 0 Å². The van der Waals surface area contributed by atoms with Gasteiger partial charge < -0.3 is 0 Å². The first-order valence-electron chi connectivity index (χ1n) is 5.27. The second-order valence-electron chi connectivity index (χ2n) is 3.72. The van der Waals surface area contributed by atoms with Gasteiger partial charge in [0.05, 0.1) is 9.95 Å². The maximum Gasteiger partial charge on any atom is 0.269 e. The molecule has 0 amide bonds. The third kappa shape index (κ3) is 3.03. The Kier molecular flexibility index (Phi) is 3.86. The fraction of sp³-hybridized carbons (Fsp3) is 0. The lowest BCUT2D eigenvalue weighted by molar-refractivity contribution is -0.384. The highest BCUT2D eigenvalue weighted by atomic mass is 35.5. The van der Waals surface area contributed by atoms with E-state index in [1.54, 1.807) is 0 Å². The molecule has 20 heavy (non-hydrogen) atoms. The summed E-state index contributed by atoms with van der Waals surface area (Å²) in [6.07, 6.45) is 2.49. The Hall–Kier alpha value is -2.19. The van der Waals surface area contributed by atoms with Crippen LogP contribution in [0.4, 0.5) is 11.4 Å². The van der Waals surface area contributed by atoms with Gasteiger partial charge in [0.2, 0.25) is 0 Å². The number of hydrogen-bond donors (Lipinski definition) is 1. The summed E-state index contributed by atoms with van der Waals surface area (Å²) in [5.41, 5.74) is 0.0582. The highest BCUT2D eigenvalue weighted by molar-refractivity contribution is 7.92. The van der Waals surface area contributed by atoms with E-state index < -0.39 is 14.9 Å².